The molecule has 1 aromatic rings. The van der Waals surface area contributed by atoms with Gasteiger partial charge < -0.3 is 0 Å². The molecule has 0 saturated heterocycles. The molecule has 0 heterocycles. The van der Waals surface area contributed by atoms with E-state index in [9.17, 15) is 4.79 Å². The van der Waals surface area contributed by atoms with Gasteiger partial charge in [-0.2, -0.15) is 0 Å². The smallest absolute Gasteiger partial charge is 0.165 e. The van der Waals surface area contributed by atoms with Gasteiger partial charge in [0.1, 0.15) is 0 Å². The third-order valence-corrected chi connectivity index (χ3v) is 3.01. The van der Waals surface area contributed by atoms with Crippen LogP contribution in [0.4, 0.5) is 0 Å². The van der Waals surface area contributed by atoms with Crippen molar-refractivity contribution in [1.29, 1.82) is 0 Å². The third-order valence-electron chi connectivity index (χ3n) is 2.51. The van der Waals surface area contributed by atoms with E-state index in [1.807, 2.05) is 39.0 Å². The first-order valence-corrected chi connectivity index (χ1v) is 5.66. The molecule has 0 fully saturated rings. The lowest BCUT2D eigenvalue weighted by Gasteiger charge is -2.10. The van der Waals surface area contributed by atoms with Gasteiger partial charge in [0.25, 0.3) is 0 Å². The van der Waals surface area contributed by atoms with Crippen molar-refractivity contribution < 1.29 is 4.79 Å². The second-order valence-corrected chi connectivity index (χ2v) is 4.55. The Hall–Kier alpha value is -0.630. The number of ketones is 1. The zero-order valence-electron chi connectivity index (χ0n) is 8.80. The monoisotopic (exact) mass is 254 g/mol. The van der Waals surface area contributed by atoms with Crippen molar-refractivity contribution in [1.82, 2.24) is 0 Å². The summed E-state index contributed by atoms with van der Waals surface area (Å²) < 4.78 is 1.02. The maximum atomic E-state index is 11.9. The fourth-order valence-electron chi connectivity index (χ4n) is 1.35. The lowest BCUT2D eigenvalue weighted by Crippen LogP contribution is -2.11. The Morgan fingerprint density at radius 1 is 1.50 bits per heavy atom. The Morgan fingerprint density at radius 3 is 2.64 bits per heavy atom. The Balaban J connectivity index is 3.02. The van der Waals surface area contributed by atoms with Crippen LogP contribution in [0.5, 0.6) is 0 Å². The van der Waals surface area contributed by atoms with Crippen LogP contribution in [0.25, 0.3) is 0 Å². The van der Waals surface area contributed by atoms with Gasteiger partial charge in [0.2, 0.25) is 0 Å². The molecule has 76 valence electrons. The molecular formula is C12H15BrO. The van der Waals surface area contributed by atoms with Crippen molar-refractivity contribution in [2.24, 2.45) is 5.92 Å². The van der Waals surface area contributed by atoms with Crippen molar-refractivity contribution in [3.05, 3.63) is 33.8 Å². The number of Topliss-reactive ketones (excluding diaryl/α,β-unsaturated/α-hetero) is 1. The van der Waals surface area contributed by atoms with Gasteiger partial charge in [0, 0.05) is 16.0 Å². The van der Waals surface area contributed by atoms with E-state index in [1.54, 1.807) is 0 Å². The van der Waals surface area contributed by atoms with Gasteiger partial charge in [-0.25, -0.2) is 0 Å². The average Bonchev–Trinajstić information content (AvgIpc) is 2.15. The SMILES string of the molecule is CCC(C)C(=O)c1ccc(Br)cc1C. The van der Waals surface area contributed by atoms with Crippen molar-refractivity contribution >= 4 is 21.7 Å². The van der Waals surface area contributed by atoms with E-state index in [-0.39, 0.29) is 11.7 Å². The molecule has 1 aromatic carbocycles. The normalized spacial score (nSPS) is 12.6. The predicted molar refractivity (Wildman–Crippen MR) is 62.7 cm³/mol. The number of halogens is 1. The fraction of sp³-hybridized carbons (Fsp3) is 0.417. The quantitative estimate of drug-likeness (QED) is 0.746. The molecule has 14 heavy (non-hydrogen) atoms. The molecule has 0 N–H and O–H groups in total. The number of aryl methyl sites for hydroxylation is 1. The van der Waals surface area contributed by atoms with E-state index in [0.717, 1.165) is 22.0 Å². The highest BCUT2D eigenvalue weighted by molar-refractivity contribution is 9.10. The van der Waals surface area contributed by atoms with Crippen molar-refractivity contribution in [2.75, 3.05) is 0 Å². The van der Waals surface area contributed by atoms with Crippen LogP contribution in [0.15, 0.2) is 22.7 Å². The molecule has 1 atom stereocenters. The summed E-state index contributed by atoms with van der Waals surface area (Å²) in [7, 11) is 0. The number of rotatable bonds is 3. The Labute approximate surface area is 93.7 Å². The molecule has 0 radical (unpaired) electrons. The second-order valence-electron chi connectivity index (χ2n) is 3.63. The Kier molecular flexibility index (Phi) is 3.87. The van der Waals surface area contributed by atoms with Crippen molar-refractivity contribution in [3.63, 3.8) is 0 Å². The minimum Gasteiger partial charge on any atom is -0.294 e. The maximum Gasteiger partial charge on any atom is 0.165 e. The Bertz CT molecular complexity index is 344. The van der Waals surface area contributed by atoms with Crippen LogP contribution in [0.2, 0.25) is 0 Å². The molecule has 1 rings (SSSR count). The molecule has 0 bridgehead atoms. The summed E-state index contributed by atoms with van der Waals surface area (Å²) >= 11 is 3.39. The number of hydrogen-bond donors (Lipinski definition) is 0. The molecule has 0 aromatic heterocycles. The molecule has 1 unspecified atom stereocenters. The molecule has 0 spiro atoms. The van der Waals surface area contributed by atoms with Gasteiger partial charge in [-0.15, -0.1) is 0 Å². The summed E-state index contributed by atoms with van der Waals surface area (Å²) in [6.45, 7) is 5.99. The minimum atomic E-state index is 0.120. The summed E-state index contributed by atoms with van der Waals surface area (Å²) in [5, 5.41) is 0. The fourth-order valence-corrected chi connectivity index (χ4v) is 1.83. The highest BCUT2D eigenvalue weighted by Crippen LogP contribution is 2.19. The molecule has 0 aliphatic rings. The first kappa shape index (κ1) is 11.4. The van der Waals surface area contributed by atoms with Gasteiger partial charge in [-0.05, 0) is 31.0 Å². The summed E-state index contributed by atoms with van der Waals surface area (Å²) in [4.78, 5) is 11.9. The van der Waals surface area contributed by atoms with E-state index < -0.39 is 0 Å². The topological polar surface area (TPSA) is 17.1 Å². The van der Waals surface area contributed by atoms with E-state index >= 15 is 0 Å². The summed E-state index contributed by atoms with van der Waals surface area (Å²) in [6.07, 6.45) is 0.897. The highest BCUT2D eigenvalue weighted by atomic mass is 79.9. The largest absolute Gasteiger partial charge is 0.294 e. The van der Waals surface area contributed by atoms with Crippen molar-refractivity contribution in [3.8, 4) is 0 Å². The number of benzene rings is 1. The molecule has 0 aliphatic carbocycles. The van der Waals surface area contributed by atoms with Crippen LogP contribution in [-0.4, -0.2) is 5.78 Å². The van der Waals surface area contributed by atoms with Crippen LogP contribution in [0, 0.1) is 12.8 Å². The summed E-state index contributed by atoms with van der Waals surface area (Å²) in [5.74, 6) is 0.368. The minimum absolute atomic E-state index is 0.120. The van der Waals surface area contributed by atoms with Gasteiger partial charge in [-0.3, -0.25) is 4.79 Å². The average molecular weight is 255 g/mol. The highest BCUT2D eigenvalue weighted by Gasteiger charge is 2.14. The first-order chi connectivity index (χ1) is 6.56. The summed E-state index contributed by atoms with van der Waals surface area (Å²) in [6, 6.07) is 5.80. The van der Waals surface area contributed by atoms with Gasteiger partial charge in [-0.1, -0.05) is 35.8 Å². The second kappa shape index (κ2) is 4.74. The lowest BCUT2D eigenvalue weighted by atomic mass is 9.94. The van der Waals surface area contributed by atoms with Crippen LogP contribution in [0.3, 0.4) is 0 Å². The number of carbonyl (C=O) groups excluding carboxylic acids is 1. The van der Waals surface area contributed by atoms with E-state index in [4.69, 9.17) is 0 Å². The van der Waals surface area contributed by atoms with Gasteiger partial charge >= 0.3 is 0 Å². The number of hydrogen-bond acceptors (Lipinski definition) is 1. The first-order valence-electron chi connectivity index (χ1n) is 4.86. The van der Waals surface area contributed by atoms with Crippen LogP contribution < -0.4 is 0 Å². The van der Waals surface area contributed by atoms with Gasteiger partial charge in [0.05, 0.1) is 0 Å². The Morgan fingerprint density at radius 2 is 2.14 bits per heavy atom. The van der Waals surface area contributed by atoms with E-state index in [0.29, 0.717) is 0 Å². The zero-order chi connectivity index (χ0) is 10.7. The van der Waals surface area contributed by atoms with Crippen molar-refractivity contribution in [2.45, 2.75) is 27.2 Å². The van der Waals surface area contributed by atoms with Gasteiger partial charge in [0.15, 0.2) is 5.78 Å². The predicted octanol–water partition coefficient (Wildman–Crippen LogP) is 3.99. The molecule has 0 aliphatic heterocycles. The standard InChI is InChI=1S/C12H15BrO/c1-4-8(2)12(14)11-6-5-10(13)7-9(11)3/h5-8H,4H2,1-3H3. The zero-order valence-corrected chi connectivity index (χ0v) is 10.4. The molecule has 1 nitrogen and oxygen atoms in total. The molecule has 2 heteroatoms. The molecular weight excluding hydrogens is 240 g/mol. The lowest BCUT2D eigenvalue weighted by molar-refractivity contribution is 0.0926. The number of carbonyl (C=O) groups is 1. The summed E-state index contributed by atoms with van der Waals surface area (Å²) in [5.41, 5.74) is 1.90. The van der Waals surface area contributed by atoms with Crippen LogP contribution >= 0.6 is 15.9 Å². The van der Waals surface area contributed by atoms with E-state index in [1.165, 1.54) is 0 Å². The van der Waals surface area contributed by atoms with Crippen LogP contribution in [0.1, 0.15) is 36.2 Å². The maximum absolute atomic E-state index is 11.9. The third kappa shape index (κ3) is 2.44. The van der Waals surface area contributed by atoms with Crippen LogP contribution in [-0.2, 0) is 0 Å². The van der Waals surface area contributed by atoms with E-state index in [2.05, 4.69) is 15.9 Å². The molecule has 0 saturated carbocycles. The molecule has 0 amide bonds.